The number of carbonyl (C=O) groups excluding carboxylic acids is 1. The van der Waals surface area contributed by atoms with E-state index in [4.69, 9.17) is 0 Å². The fraction of sp³-hybridized carbons (Fsp3) is 0.500. The van der Waals surface area contributed by atoms with Crippen molar-refractivity contribution in [3.8, 4) is 0 Å². The second kappa shape index (κ2) is 4.86. The predicted molar refractivity (Wildman–Crippen MR) is 65.4 cm³/mol. The van der Waals surface area contributed by atoms with Crippen molar-refractivity contribution in [1.29, 1.82) is 0 Å². The molecule has 0 saturated heterocycles. The Balaban J connectivity index is 2.03. The molecule has 0 aromatic heterocycles. The molecule has 1 atom stereocenters. The lowest BCUT2D eigenvalue weighted by atomic mass is 9.80. The van der Waals surface area contributed by atoms with Crippen LogP contribution in [-0.4, -0.2) is 11.9 Å². The molecule has 1 amide bonds. The number of nitrogens with one attached hydrogen (secondary N) is 1. The molecular formula is C14H18FNO. The van der Waals surface area contributed by atoms with Crippen molar-refractivity contribution in [2.75, 3.05) is 0 Å². The minimum Gasteiger partial charge on any atom is -0.349 e. The molecule has 17 heavy (non-hydrogen) atoms. The number of hydrogen-bond acceptors (Lipinski definition) is 1. The van der Waals surface area contributed by atoms with Crippen LogP contribution in [-0.2, 0) is 0 Å². The summed E-state index contributed by atoms with van der Waals surface area (Å²) in [6, 6.07) is 4.83. The maximum absolute atomic E-state index is 13.6. The zero-order valence-electron chi connectivity index (χ0n) is 10.3. The third-order valence-corrected chi connectivity index (χ3v) is 3.58. The van der Waals surface area contributed by atoms with Crippen LogP contribution in [0.25, 0.3) is 0 Å². The summed E-state index contributed by atoms with van der Waals surface area (Å²) in [6.07, 6.45) is 3.57. The molecule has 2 rings (SSSR count). The Morgan fingerprint density at radius 1 is 1.47 bits per heavy atom. The SMILES string of the molecule is Cc1ccc(C(=O)NC(C)C2CCC2)c(F)c1. The molecule has 1 unspecified atom stereocenters. The first kappa shape index (κ1) is 12.1. The molecule has 92 valence electrons. The van der Waals surface area contributed by atoms with E-state index in [-0.39, 0.29) is 17.5 Å². The van der Waals surface area contributed by atoms with Crippen molar-refractivity contribution in [2.24, 2.45) is 5.92 Å². The molecule has 1 saturated carbocycles. The van der Waals surface area contributed by atoms with E-state index in [2.05, 4.69) is 5.32 Å². The highest BCUT2D eigenvalue weighted by atomic mass is 19.1. The lowest BCUT2D eigenvalue weighted by Gasteiger charge is -2.31. The highest BCUT2D eigenvalue weighted by molar-refractivity contribution is 5.94. The number of amides is 1. The Bertz CT molecular complexity index is 426. The quantitative estimate of drug-likeness (QED) is 0.857. The smallest absolute Gasteiger partial charge is 0.254 e. The van der Waals surface area contributed by atoms with Gasteiger partial charge in [0.2, 0.25) is 0 Å². The summed E-state index contributed by atoms with van der Waals surface area (Å²) in [4.78, 5) is 11.9. The molecule has 0 aliphatic heterocycles. The lowest BCUT2D eigenvalue weighted by Crippen LogP contribution is -2.40. The molecule has 0 spiro atoms. The first-order chi connectivity index (χ1) is 8.08. The molecule has 0 radical (unpaired) electrons. The Kier molecular flexibility index (Phi) is 3.46. The van der Waals surface area contributed by atoms with Crippen LogP contribution < -0.4 is 5.32 Å². The molecule has 0 heterocycles. The Labute approximate surface area is 101 Å². The van der Waals surface area contributed by atoms with Crippen LogP contribution in [0.4, 0.5) is 4.39 Å². The Hall–Kier alpha value is -1.38. The van der Waals surface area contributed by atoms with E-state index >= 15 is 0 Å². The average Bonchev–Trinajstić information content (AvgIpc) is 2.13. The first-order valence-electron chi connectivity index (χ1n) is 6.15. The van der Waals surface area contributed by atoms with Crippen LogP contribution in [0.1, 0.15) is 42.1 Å². The number of hydrogen-bond donors (Lipinski definition) is 1. The summed E-state index contributed by atoms with van der Waals surface area (Å²) in [7, 11) is 0. The molecule has 1 fully saturated rings. The minimum absolute atomic E-state index is 0.136. The summed E-state index contributed by atoms with van der Waals surface area (Å²) in [5.74, 6) is -0.183. The van der Waals surface area contributed by atoms with E-state index in [1.54, 1.807) is 12.1 Å². The highest BCUT2D eigenvalue weighted by Crippen LogP contribution is 2.29. The predicted octanol–water partition coefficient (Wildman–Crippen LogP) is 3.05. The molecule has 1 aliphatic rings. The summed E-state index contributed by atoms with van der Waals surface area (Å²) in [5.41, 5.74) is 0.966. The second-order valence-corrected chi connectivity index (χ2v) is 4.94. The second-order valence-electron chi connectivity index (χ2n) is 4.94. The third kappa shape index (κ3) is 2.65. The zero-order chi connectivity index (χ0) is 12.4. The van der Waals surface area contributed by atoms with Gasteiger partial charge in [-0.05, 0) is 50.3 Å². The Morgan fingerprint density at radius 3 is 2.71 bits per heavy atom. The highest BCUT2D eigenvalue weighted by Gasteiger charge is 2.25. The maximum atomic E-state index is 13.6. The number of aryl methyl sites for hydroxylation is 1. The fourth-order valence-electron chi connectivity index (χ4n) is 2.15. The summed E-state index contributed by atoms with van der Waals surface area (Å²) < 4.78 is 13.6. The number of benzene rings is 1. The molecule has 1 N–H and O–H groups in total. The molecular weight excluding hydrogens is 217 g/mol. The van der Waals surface area contributed by atoms with Gasteiger partial charge in [0.25, 0.3) is 5.91 Å². The van der Waals surface area contributed by atoms with Gasteiger partial charge in [-0.25, -0.2) is 4.39 Å². The molecule has 3 heteroatoms. The van der Waals surface area contributed by atoms with Crippen LogP contribution in [0.3, 0.4) is 0 Å². The maximum Gasteiger partial charge on any atom is 0.254 e. The van der Waals surface area contributed by atoms with Crippen LogP contribution in [0.2, 0.25) is 0 Å². The van der Waals surface area contributed by atoms with E-state index in [0.29, 0.717) is 5.92 Å². The molecule has 1 aliphatic carbocycles. The van der Waals surface area contributed by atoms with Gasteiger partial charge in [-0.1, -0.05) is 12.5 Å². The van der Waals surface area contributed by atoms with E-state index < -0.39 is 5.82 Å². The van der Waals surface area contributed by atoms with E-state index in [1.165, 1.54) is 12.5 Å². The third-order valence-electron chi connectivity index (χ3n) is 3.58. The van der Waals surface area contributed by atoms with Crippen molar-refractivity contribution in [1.82, 2.24) is 5.32 Å². The number of rotatable bonds is 3. The number of halogens is 1. The van der Waals surface area contributed by atoms with Gasteiger partial charge in [0.1, 0.15) is 5.82 Å². The topological polar surface area (TPSA) is 29.1 Å². The van der Waals surface area contributed by atoms with Gasteiger partial charge in [0, 0.05) is 6.04 Å². The van der Waals surface area contributed by atoms with Crippen molar-refractivity contribution >= 4 is 5.91 Å². The van der Waals surface area contributed by atoms with Gasteiger partial charge >= 0.3 is 0 Å². The van der Waals surface area contributed by atoms with Crippen LogP contribution in [0.15, 0.2) is 18.2 Å². The monoisotopic (exact) mass is 235 g/mol. The lowest BCUT2D eigenvalue weighted by molar-refractivity contribution is 0.0905. The summed E-state index contributed by atoms with van der Waals surface area (Å²) >= 11 is 0. The first-order valence-corrected chi connectivity index (χ1v) is 6.15. The van der Waals surface area contributed by atoms with Gasteiger partial charge in [0.05, 0.1) is 5.56 Å². The standard InChI is InChI=1S/C14H18FNO/c1-9-6-7-12(13(15)8-9)14(17)16-10(2)11-4-3-5-11/h6-8,10-11H,3-5H2,1-2H3,(H,16,17). The van der Waals surface area contributed by atoms with Crippen LogP contribution >= 0.6 is 0 Å². The van der Waals surface area contributed by atoms with Gasteiger partial charge < -0.3 is 5.32 Å². The molecule has 2 nitrogen and oxygen atoms in total. The molecule has 1 aromatic rings. The fourth-order valence-corrected chi connectivity index (χ4v) is 2.15. The molecule has 0 bridgehead atoms. The van der Waals surface area contributed by atoms with Crippen LogP contribution in [0, 0.1) is 18.7 Å². The average molecular weight is 235 g/mol. The van der Waals surface area contributed by atoms with Crippen molar-refractivity contribution in [3.63, 3.8) is 0 Å². The largest absolute Gasteiger partial charge is 0.349 e. The normalized spacial score (nSPS) is 17.4. The van der Waals surface area contributed by atoms with E-state index in [1.807, 2.05) is 13.8 Å². The summed E-state index contributed by atoms with van der Waals surface area (Å²) in [5, 5.41) is 2.88. The van der Waals surface area contributed by atoms with Gasteiger partial charge in [0.15, 0.2) is 0 Å². The van der Waals surface area contributed by atoms with Crippen molar-refractivity contribution in [3.05, 3.63) is 35.1 Å². The van der Waals surface area contributed by atoms with E-state index in [0.717, 1.165) is 18.4 Å². The number of carbonyl (C=O) groups is 1. The van der Waals surface area contributed by atoms with Crippen molar-refractivity contribution in [2.45, 2.75) is 39.2 Å². The van der Waals surface area contributed by atoms with Gasteiger partial charge in [-0.3, -0.25) is 4.79 Å². The van der Waals surface area contributed by atoms with Gasteiger partial charge in [-0.15, -0.1) is 0 Å². The van der Waals surface area contributed by atoms with Crippen molar-refractivity contribution < 1.29 is 9.18 Å². The zero-order valence-corrected chi connectivity index (χ0v) is 10.3. The molecule has 1 aromatic carbocycles. The Morgan fingerprint density at radius 2 is 2.18 bits per heavy atom. The van der Waals surface area contributed by atoms with Gasteiger partial charge in [-0.2, -0.15) is 0 Å². The summed E-state index contributed by atoms with van der Waals surface area (Å²) in [6.45, 7) is 3.80. The van der Waals surface area contributed by atoms with Crippen LogP contribution in [0.5, 0.6) is 0 Å². The minimum atomic E-state index is -0.441. The van der Waals surface area contributed by atoms with E-state index in [9.17, 15) is 9.18 Å².